The molecule has 0 atom stereocenters. The van der Waals surface area contributed by atoms with Crippen molar-refractivity contribution in [1.29, 1.82) is 5.26 Å². The lowest BCUT2D eigenvalue weighted by molar-refractivity contribution is 0.0693. The molecule has 0 saturated heterocycles. The van der Waals surface area contributed by atoms with E-state index in [2.05, 4.69) is 0 Å². The van der Waals surface area contributed by atoms with Crippen LogP contribution in [0.1, 0.15) is 10.4 Å². The van der Waals surface area contributed by atoms with Gasteiger partial charge in [-0.15, -0.1) is 0 Å². The van der Waals surface area contributed by atoms with Gasteiger partial charge in [-0.05, 0) is 12.1 Å². The fraction of sp³-hybridized carbons (Fsp3) is 0.111. The van der Waals surface area contributed by atoms with Crippen molar-refractivity contribution in [3.05, 3.63) is 23.8 Å². The zero-order valence-electron chi connectivity index (χ0n) is 7.23. The number of nitrogens with two attached hydrogens (primary N) is 1. The molecule has 0 unspecified atom stereocenters. The van der Waals surface area contributed by atoms with Gasteiger partial charge >= 0.3 is 5.97 Å². The Bertz CT molecular complexity index is 396. The van der Waals surface area contributed by atoms with Gasteiger partial charge in [-0.2, -0.15) is 5.26 Å². The Labute approximate surface area is 80.3 Å². The monoisotopic (exact) mass is 192 g/mol. The summed E-state index contributed by atoms with van der Waals surface area (Å²) in [5, 5.41) is 17.1. The van der Waals surface area contributed by atoms with Crippen LogP contribution in [0.4, 0.5) is 5.69 Å². The van der Waals surface area contributed by atoms with Gasteiger partial charge in [0.15, 0.2) is 12.4 Å². The maximum absolute atomic E-state index is 10.7. The number of anilines is 1. The van der Waals surface area contributed by atoms with Gasteiger partial charge in [-0.1, -0.05) is 6.07 Å². The predicted molar refractivity (Wildman–Crippen MR) is 48.9 cm³/mol. The molecule has 1 rings (SSSR count). The first-order valence-electron chi connectivity index (χ1n) is 3.78. The fourth-order valence-electron chi connectivity index (χ4n) is 0.989. The second-order valence-corrected chi connectivity index (χ2v) is 2.48. The van der Waals surface area contributed by atoms with Gasteiger partial charge in [0, 0.05) is 0 Å². The number of hydrogen-bond acceptors (Lipinski definition) is 4. The second kappa shape index (κ2) is 4.14. The highest BCUT2D eigenvalue weighted by atomic mass is 16.5. The highest BCUT2D eigenvalue weighted by Crippen LogP contribution is 2.25. The molecule has 0 heterocycles. The van der Waals surface area contributed by atoms with Crippen LogP contribution >= 0.6 is 0 Å². The van der Waals surface area contributed by atoms with E-state index in [1.807, 2.05) is 0 Å². The molecular formula is C9H8N2O3. The van der Waals surface area contributed by atoms with E-state index in [9.17, 15) is 4.79 Å². The maximum Gasteiger partial charge on any atom is 0.339 e. The van der Waals surface area contributed by atoms with Crippen LogP contribution in [0.5, 0.6) is 5.75 Å². The Hall–Kier alpha value is -2.22. The first-order valence-corrected chi connectivity index (χ1v) is 3.78. The number of para-hydroxylation sites is 1. The number of carboxylic acid groups (broad SMARTS) is 1. The Morgan fingerprint density at radius 3 is 2.93 bits per heavy atom. The Morgan fingerprint density at radius 1 is 1.64 bits per heavy atom. The number of nitriles is 1. The van der Waals surface area contributed by atoms with Crippen molar-refractivity contribution < 1.29 is 14.6 Å². The summed E-state index contributed by atoms with van der Waals surface area (Å²) in [5.41, 5.74) is 5.67. The number of carboxylic acids is 1. The Balaban J connectivity index is 3.10. The molecule has 0 bridgehead atoms. The number of ether oxygens (including phenoxy) is 1. The summed E-state index contributed by atoms with van der Waals surface area (Å²) in [7, 11) is 0. The molecule has 0 aliphatic carbocycles. The van der Waals surface area contributed by atoms with E-state index >= 15 is 0 Å². The minimum Gasteiger partial charge on any atom is -0.478 e. The van der Waals surface area contributed by atoms with Crippen molar-refractivity contribution in [2.75, 3.05) is 12.3 Å². The molecule has 1 aromatic rings. The third-order valence-electron chi connectivity index (χ3n) is 1.56. The van der Waals surface area contributed by atoms with Gasteiger partial charge in [0.1, 0.15) is 11.6 Å². The topological polar surface area (TPSA) is 96.3 Å². The third-order valence-corrected chi connectivity index (χ3v) is 1.56. The van der Waals surface area contributed by atoms with Crippen LogP contribution in [0.2, 0.25) is 0 Å². The molecule has 0 fully saturated rings. The molecule has 3 N–H and O–H groups in total. The summed E-state index contributed by atoms with van der Waals surface area (Å²) in [6.07, 6.45) is 0. The number of carbonyl (C=O) groups is 1. The summed E-state index contributed by atoms with van der Waals surface area (Å²) in [4.78, 5) is 10.7. The molecule has 14 heavy (non-hydrogen) atoms. The van der Waals surface area contributed by atoms with E-state index in [1.54, 1.807) is 6.07 Å². The van der Waals surface area contributed by atoms with Gasteiger partial charge in [0.2, 0.25) is 0 Å². The predicted octanol–water partition coefficient (Wildman–Crippen LogP) is 0.869. The smallest absolute Gasteiger partial charge is 0.339 e. The molecule has 0 aliphatic rings. The summed E-state index contributed by atoms with van der Waals surface area (Å²) in [5.74, 6) is -1.09. The molecular weight excluding hydrogens is 184 g/mol. The van der Waals surface area contributed by atoms with Crippen molar-refractivity contribution in [1.82, 2.24) is 0 Å². The lowest BCUT2D eigenvalue weighted by atomic mass is 10.2. The molecule has 5 heteroatoms. The van der Waals surface area contributed by atoms with Crippen molar-refractivity contribution in [2.24, 2.45) is 0 Å². The molecule has 0 aliphatic heterocycles. The average molecular weight is 192 g/mol. The van der Waals surface area contributed by atoms with Crippen LogP contribution in [0, 0.1) is 11.3 Å². The summed E-state index contributed by atoms with van der Waals surface area (Å²) < 4.78 is 4.91. The number of aromatic carboxylic acids is 1. The zero-order chi connectivity index (χ0) is 10.6. The van der Waals surface area contributed by atoms with Crippen LogP contribution in [0.15, 0.2) is 18.2 Å². The van der Waals surface area contributed by atoms with Crippen LogP contribution < -0.4 is 10.5 Å². The average Bonchev–Trinajstić information content (AvgIpc) is 2.15. The summed E-state index contributed by atoms with van der Waals surface area (Å²) >= 11 is 0. The fourth-order valence-corrected chi connectivity index (χ4v) is 0.989. The molecule has 0 saturated carbocycles. The van der Waals surface area contributed by atoms with Crippen molar-refractivity contribution >= 4 is 11.7 Å². The first-order chi connectivity index (χ1) is 6.66. The van der Waals surface area contributed by atoms with Crippen LogP contribution in [0.25, 0.3) is 0 Å². The van der Waals surface area contributed by atoms with Gasteiger partial charge in [0.05, 0.1) is 5.69 Å². The van der Waals surface area contributed by atoms with Gasteiger partial charge in [0.25, 0.3) is 0 Å². The number of nitrogens with zero attached hydrogens (tertiary/aromatic N) is 1. The van der Waals surface area contributed by atoms with E-state index in [-0.39, 0.29) is 23.6 Å². The lowest BCUT2D eigenvalue weighted by Gasteiger charge is -2.08. The quantitative estimate of drug-likeness (QED) is 0.692. The van der Waals surface area contributed by atoms with E-state index in [0.717, 1.165) is 0 Å². The van der Waals surface area contributed by atoms with Crippen molar-refractivity contribution in [2.45, 2.75) is 0 Å². The largest absolute Gasteiger partial charge is 0.478 e. The highest BCUT2D eigenvalue weighted by Gasteiger charge is 2.13. The van der Waals surface area contributed by atoms with Crippen LogP contribution in [-0.4, -0.2) is 17.7 Å². The number of benzene rings is 1. The third kappa shape index (κ3) is 1.93. The molecule has 0 amide bonds. The van der Waals surface area contributed by atoms with Gasteiger partial charge in [-0.3, -0.25) is 0 Å². The number of hydrogen-bond donors (Lipinski definition) is 2. The van der Waals surface area contributed by atoms with E-state index in [1.165, 1.54) is 18.2 Å². The Morgan fingerprint density at radius 2 is 2.36 bits per heavy atom. The molecule has 5 nitrogen and oxygen atoms in total. The molecule has 0 radical (unpaired) electrons. The molecule has 1 aromatic carbocycles. The van der Waals surface area contributed by atoms with Crippen LogP contribution in [-0.2, 0) is 0 Å². The normalized spacial score (nSPS) is 9.07. The second-order valence-electron chi connectivity index (χ2n) is 2.48. The van der Waals surface area contributed by atoms with Crippen LogP contribution in [0.3, 0.4) is 0 Å². The minimum atomic E-state index is -1.13. The molecule has 72 valence electrons. The maximum atomic E-state index is 10.7. The Kier molecular flexibility index (Phi) is 2.92. The van der Waals surface area contributed by atoms with Gasteiger partial charge < -0.3 is 15.6 Å². The van der Waals surface area contributed by atoms with E-state index in [0.29, 0.717) is 0 Å². The molecule has 0 aromatic heterocycles. The summed E-state index contributed by atoms with van der Waals surface area (Å²) in [6.45, 7) is -0.228. The van der Waals surface area contributed by atoms with Crippen molar-refractivity contribution in [3.63, 3.8) is 0 Å². The van der Waals surface area contributed by atoms with E-state index < -0.39 is 5.97 Å². The lowest BCUT2D eigenvalue weighted by Crippen LogP contribution is -2.05. The standard InChI is InChI=1S/C9H8N2O3/c10-4-5-14-8-6(9(12)13)2-1-3-7(8)11/h1-3H,5,11H2,(H,12,13). The molecule has 0 spiro atoms. The first kappa shape index (κ1) is 9.86. The van der Waals surface area contributed by atoms with Gasteiger partial charge in [-0.25, -0.2) is 4.79 Å². The SMILES string of the molecule is N#CCOc1c(N)cccc1C(=O)O. The zero-order valence-corrected chi connectivity index (χ0v) is 7.23. The van der Waals surface area contributed by atoms with Crippen molar-refractivity contribution in [3.8, 4) is 11.8 Å². The number of nitrogen functional groups attached to an aromatic ring is 1. The number of rotatable bonds is 3. The summed E-state index contributed by atoms with van der Waals surface area (Å²) in [6, 6.07) is 6.13. The van der Waals surface area contributed by atoms with E-state index in [4.69, 9.17) is 20.8 Å². The minimum absolute atomic E-state index is 0.0414. The highest BCUT2D eigenvalue weighted by molar-refractivity contribution is 5.93.